The molecule has 2 atom stereocenters. The Balaban J connectivity index is 1.16. The molecule has 0 saturated carbocycles. The van der Waals surface area contributed by atoms with Crippen molar-refractivity contribution in [2.24, 2.45) is 0 Å². The van der Waals surface area contributed by atoms with E-state index in [1.807, 2.05) is 48.5 Å². The third-order valence-electron chi connectivity index (χ3n) is 8.80. The number of benzene rings is 3. The Morgan fingerprint density at radius 3 is 2.63 bits per heavy atom. The molecule has 0 bridgehead atoms. The number of nitrogens with zero attached hydrogens (tertiary/aromatic N) is 2. The summed E-state index contributed by atoms with van der Waals surface area (Å²) in [5.74, 6) is 0.915. The van der Waals surface area contributed by atoms with Crippen LogP contribution in [-0.2, 0) is 27.7 Å². The smallest absolute Gasteiger partial charge is 0.230 e. The van der Waals surface area contributed by atoms with Gasteiger partial charge in [0.15, 0.2) is 0 Å². The number of thioether (sulfide) groups is 1. The maximum Gasteiger partial charge on any atom is 0.230 e. The number of carbonyl (C=O) groups is 1. The number of piperidine rings is 1. The van der Waals surface area contributed by atoms with Gasteiger partial charge >= 0.3 is 0 Å². The zero-order valence-electron chi connectivity index (χ0n) is 24.2. The number of ether oxygens (including phenoxy) is 1. The van der Waals surface area contributed by atoms with Crippen LogP contribution in [0.25, 0.3) is 0 Å². The van der Waals surface area contributed by atoms with Gasteiger partial charge in [-0.3, -0.25) is 14.4 Å². The number of amides is 1. The van der Waals surface area contributed by atoms with Crippen LogP contribution in [0.15, 0.2) is 71.6 Å². The Bertz CT molecular complexity index is 1650. The second-order valence-electron chi connectivity index (χ2n) is 11.9. The highest BCUT2D eigenvalue weighted by Crippen LogP contribution is 2.46. The van der Waals surface area contributed by atoms with Gasteiger partial charge in [-0.1, -0.05) is 24.3 Å². The molecule has 2 heterocycles. The predicted molar refractivity (Wildman–Crippen MR) is 169 cm³/mol. The van der Waals surface area contributed by atoms with Gasteiger partial charge < -0.3 is 10.1 Å². The second kappa shape index (κ2) is 12.2. The first kappa shape index (κ1) is 29.5. The average Bonchev–Trinajstić information content (AvgIpc) is 3.00. The van der Waals surface area contributed by atoms with Crippen molar-refractivity contribution in [2.75, 3.05) is 29.8 Å². The summed E-state index contributed by atoms with van der Waals surface area (Å²) in [4.78, 5) is 16.8. The molecule has 10 heteroatoms. The van der Waals surface area contributed by atoms with E-state index in [9.17, 15) is 18.5 Å². The van der Waals surface area contributed by atoms with Crippen molar-refractivity contribution in [1.82, 2.24) is 10.2 Å². The Hall–Kier alpha value is -3.52. The molecule has 43 heavy (non-hydrogen) atoms. The molecule has 1 spiro atoms. The van der Waals surface area contributed by atoms with Crippen LogP contribution in [0.3, 0.4) is 0 Å². The summed E-state index contributed by atoms with van der Waals surface area (Å²) in [6.07, 6.45) is 6.50. The number of aryl methyl sites for hydroxylation is 1. The van der Waals surface area contributed by atoms with Crippen molar-refractivity contribution < 1.29 is 17.9 Å². The van der Waals surface area contributed by atoms with Gasteiger partial charge in [0.2, 0.25) is 15.9 Å². The largest absolute Gasteiger partial charge is 0.487 e. The second-order valence-corrected chi connectivity index (χ2v) is 14.7. The number of nitriles is 1. The number of hydrogen-bond donors (Lipinski definition) is 2. The zero-order chi connectivity index (χ0) is 30.0. The summed E-state index contributed by atoms with van der Waals surface area (Å²) >= 11 is 1.49. The molecule has 1 amide bonds. The number of hydrogen-bond acceptors (Lipinski definition) is 7. The Morgan fingerprint density at radius 2 is 1.88 bits per heavy atom. The number of sulfonamides is 1. The van der Waals surface area contributed by atoms with Crippen molar-refractivity contribution >= 4 is 33.4 Å². The van der Waals surface area contributed by atoms with Crippen LogP contribution in [0, 0.1) is 11.3 Å². The van der Waals surface area contributed by atoms with Gasteiger partial charge in [-0.2, -0.15) is 5.26 Å². The third kappa shape index (κ3) is 7.01. The zero-order valence-corrected chi connectivity index (χ0v) is 25.8. The van der Waals surface area contributed by atoms with Gasteiger partial charge in [0, 0.05) is 41.7 Å². The molecule has 3 aromatic carbocycles. The molecule has 0 radical (unpaired) electrons. The van der Waals surface area contributed by atoms with Crippen LogP contribution < -0.4 is 14.8 Å². The fraction of sp³-hybridized carbons (Fsp3) is 0.394. The lowest BCUT2D eigenvalue weighted by molar-refractivity contribution is -0.120. The topological polar surface area (TPSA) is 112 Å². The molecule has 2 unspecified atom stereocenters. The molecule has 2 aliphatic heterocycles. The summed E-state index contributed by atoms with van der Waals surface area (Å²) in [6, 6.07) is 23.7. The number of anilines is 1. The lowest BCUT2D eigenvalue weighted by Crippen LogP contribution is -2.54. The molecule has 8 nitrogen and oxygen atoms in total. The lowest BCUT2D eigenvalue weighted by atomic mass is 9.79. The molecule has 6 rings (SSSR count). The number of rotatable bonds is 7. The highest BCUT2D eigenvalue weighted by molar-refractivity contribution is 8.00. The van der Waals surface area contributed by atoms with E-state index in [2.05, 4.69) is 27.1 Å². The van der Waals surface area contributed by atoms with E-state index >= 15 is 0 Å². The summed E-state index contributed by atoms with van der Waals surface area (Å²) < 4.78 is 33.1. The highest BCUT2D eigenvalue weighted by atomic mass is 32.2. The van der Waals surface area contributed by atoms with E-state index in [4.69, 9.17) is 4.74 Å². The van der Waals surface area contributed by atoms with E-state index in [0.29, 0.717) is 23.9 Å². The summed E-state index contributed by atoms with van der Waals surface area (Å²) in [5, 5.41) is 12.5. The van der Waals surface area contributed by atoms with Crippen LogP contribution in [-0.4, -0.2) is 56.0 Å². The Labute approximate surface area is 257 Å². The van der Waals surface area contributed by atoms with Gasteiger partial charge in [0.05, 0.1) is 29.7 Å². The van der Waals surface area contributed by atoms with Gasteiger partial charge in [-0.15, -0.1) is 11.8 Å². The van der Waals surface area contributed by atoms with Gasteiger partial charge in [0.1, 0.15) is 11.4 Å². The van der Waals surface area contributed by atoms with Crippen LogP contribution >= 0.6 is 11.8 Å². The summed E-state index contributed by atoms with van der Waals surface area (Å²) in [5.41, 5.74) is 4.20. The number of nitrogens with one attached hydrogen (secondary N) is 2. The van der Waals surface area contributed by atoms with Crippen molar-refractivity contribution in [3.05, 3.63) is 89.0 Å². The number of fused-ring (bicyclic) bond motifs is 2. The molecule has 1 aliphatic carbocycles. The van der Waals surface area contributed by atoms with Gasteiger partial charge in [0.25, 0.3) is 0 Å². The van der Waals surface area contributed by atoms with Gasteiger partial charge in [-0.25, -0.2) is 8.42 Å². The van der Waals surface area contributed by atoms with Crippen molar-refractivity contribution in [1.29, 1.82) is 5.26 Å². The molecule has 1 saturated heterocycles. The Morgan fingerprint density at radius 1 is 1.09 bits per heavy atom. The van der Waals surface area contributed by atoms with Crippen molar-refractivity contribution in [2.45, 2.75) is 61.1 Å². The van der Waals surface area contributed by atoms with Gasteiger partial charge in [-0.05, 0) is 85.7 Å². The normalized spacial score (nSPS) is 21.1. The molecule has 1 fully saturated rings. The monoisotopic (exact) mass is 616 g/mol. The van der Waals surface area contributed by atoms with Crippen LogP contribution in [0.2, 0.25) is 0 Å². The summed E-state index contributed by atoms with van der Waals surface area (Å²) in [6.45, 7) is 1.81. The maximum absolute atomic E-state index is 13.2. The number of carbonyl (C=O) groups excluding carboxylic acids is 1. The van der Waals surface area contributed by atoms with Crippen molar-refractivity contribution in [3.8, 4) is 11.8 Å². The lowest BCUT2D eigenvalue weighted by Gasteiger charge is -2.49. The van der Waals surface area contributed by atoms with Crippen molar-refractivity contribution in [3.63, 3.8) is 0 Å². The van der Waals surface area contributed by atoms with Crippen LogP contribution in [0.5, 0.6) is 5.75 Å². The van der Waals surface area contributed by atoms with E-state index < -0.39 is 15.6 Å². The first-order valence-electron chi connectivity index (χ1n) is 14.7. The first-order chi connectivity index (χ1) is 20.7. The standard InChI is InChI=1S/C33H36N4O4S2/c1-43(39,40)36-26-10-12-31-29(19-26)30(35-32(38)22-42-28-5-3-2-4-6-28)20-33(41-31)13-15-37(16-14-33)27-11-9-24-17-23(21-34)7-8-25(24)18-27/h2-8,10,12,17,19,27,30,36H,9,11,13-16,18,20,22H2,1H3,(H,35,38). The molecule has 224 valence electrons. The van der Waals surface area contributed by atoms with E-state index in [0.717, 1.165) is 67.5 Å². The minimum absolute atomic E-state index is 0.0683. The number of likely N-dealkylation sites (tertiary alicyclic amines) is 1. The van der Waals surface area contributed by atoms with E-state index in [-0.39, 0.29) is 17.7 Å². The minimum atomic E-state index is -3.45. The molecular formula is C33H36N4O4S2. The van der Waals surface area contributed by atoms with Crippen LogP contribution in [0.4, 0.5) is 5.69 Å². The molecule has 3 aromatic rings. The SMILES string of the molecule is CS(=O)(=O)Nc1ccc2c(c1)C(NC(=O)CSc1ccccc1)CC1(CCN(C3CCc4cc(C#N)ccc4C3)CC1)O2. The molecule has 2 N–H and O–H groups in total. The fourth-order valence-electron chi connectivity index (χ4n) is 6.70. The first-order valence-corrected chi connectivity index (χ1v) is 17.6. The van der Waals surface area contributed by atoms with E-state index in [1.165, 1.54) is 22.9 Å². The maximum atomic E-state index is 13.2. The minimum Gasteiger partial charge on any atom is -0.487 e. The fourth-order valence-corrected chi connectivity index (χ4v) is 7.98. The third-order valence-corrected chi connectivity index (χ3v) is 10.4. The molecule has 0 aromatic heterocycles. The van der Waals surface area contributed by atoms with Crippen LogP contribution in [0.1, 0.15) is 54.0 Å². The average molecular weight is 617 g/mol. The quantitative estimate of drug-likeness (QED) is 0.357. The summed E-state index contributed by atoms with van der Waals surface area (Å²) in [7, 11) is -3.45. The molecule has 3 aliphatic rings. The Kier molecular flexibility index (Phi) is 8.40. The van der Waals surface area contributed by atoms with E-state index in [1.54, 1.807) is 12.1 Å². The molecular weight excluding hydrogens is 581 g/mol. The highest BCUT2D eigenvalue weighted by Gasteiger charge is 2.45. The predicted octanol–water partition coefficient (Wildman–Crippen LogP) is 5.05.